The maximum absolute atomic E-state index is 5.55. The molecule has 6 heteroatoms. The van der Waals surface area contributed by atoms with Gasteiger partial charge in [-0.25, -0.2) is 4.98 Å². The minimum Gasteiger partial charge on any atom is -0.496 e. The van der Waals surface area contributed by atoms with E-state index >= 15 is 0 Å². The van der Waals surface area contributed by atoms with Crippen LogP contribution in [-0.4, -0.2) is 17.1 Å². The van der Waals surface area contributed by atoms with E-state index in [1.54, 1.807) is 13.3 Å². The van der Waals surface area contributed by atoms with Crippen LogP contribution >= 0.6 is 15.9 Å². The van der Waals surface area contributed by atoms with Gasteiger partial charge in [-0.1, -0.05) is 0 Å². The molecule has 0 atom stereocenters. The van der Waals surface area contributed by atoms with Gasteiger partial charge < -0.3 is 15.8 Å². The minimum atomic E-state index is 0.228. The molecule has 0 amide bonds. The van der Waals surface area contributed by atoms with Crippen molar-refractivity contribution in [2.45, 2.75) is 6.92 Å². The van der Waals surface area contributed by atoms with Crippen LogP contribution in [0.5, 0.6) is 5.75 Å². The first kappa shape index (κ1) is 12.6. The first-order chi connectivity index (χ1) is 8.60. The number of nitrogens with zero attached hydrogens (tertiary/aromatic N) is 2. The third kappa shape index (κ3) is 2.70. The van der Waals surface area contributed by atoms with Crippen LogP contribution < -0.4 is 15.8 Å². The Kier molecular flexibility index (Phi) is 3.66. The molecule has 18 heavy (non-hydrogen) atoms. The average Bonchev–Trinajstić information content (AvgIpc) is 2.34. The van der Waals surface area contributed by atoms with Crippen molar-refractivity contribution < 1.29 is 4.74 Å². The van der Waals surface area contributed by atoms with Crippen LogP contribution in [0.25, 0.3) is 0 Å². The molecule has 3 N–H and O–H groups in total. The molecule has 94 valence electrons. The second-order valence-electron chi connectivity index (χ2n) is 3.73. The van der Waals surface area contributed by atoms with Crippen molar-refractivity contribution in [3.8, 4) is 5.75 Å². The third-order valence-electron chi connectivity index (χ3n) is 2.42. The van der Waals surface area contributed by atoms with Crippen molar-refractivity contribution in [1.82, 2.24) is 9.97 Å². The summed E-state index contributed by atoms with van der Waals surface area (Å²) in [5.74, 6) is 1.71. The fraction of sp³-hybridized carbons (Fsp3) is 0.167. The highest BCUT2D eigenvalue weighted by Crippen LogP contribution is 2.26. The number of halogens is 1. The largest absolute Gasteiger partial charge is 0.496 e. The molecule has 0 aliphatic heterocycles. The lowest BCUT2D eigenvalue weighted by Crippen LogP contribution is -2.00. The van der Waals surface area contributed by atoms with Crippen molar-refractivity contribution >= 4 is 33.4 Å². The highest BCUT2D eigenvalue weighted by Gasteiger charge is 2.05. The number of hydrogen-bond acceptors (Lipinski definition) is 5. The Labute approximate surface area is 114 Å². The van der Waals surface area contributed by atoms with Gasteiger partial charge in [0.05, 0.1) is 11.6 Å². The van der Waals surface area contributed by atoms with Gasteiger partial charge in [-0.15, -0.1) is 0 Å². The van der Waals surface area contributed by atoms with Crippen LogP contribution in [0, 0.1) is 6.92 Å². The van der Waals surface area contributed by atoms with E-state index in [9.17, 15) is 0 Å². The van der Waals surface area contributed by atoms with Crippen LogP contribution in [-0.2, 0) is 0 Å². The van der Waals surface area contributed by atoms with Crippen molar-refractivity contribution in [2.24, 2.45) is 0 Å². The van der Waals surface area contributed by atoms with Crippen molar-refractivity contribution in [2.75, 3.05) is 18.2 Å². The first-order valence-electron chi connectivity index (χ1n) is 5.30. The molecule has 0 saturated carbocycles. The summed E-state index contributed by atoms with van der Waals surface area (Å²) in [6.07, 6.45) is 1.61. The SMILES string of the molecule is COc1ccc(Nc2nc(N)ncc2Br)cc1C. The Morgan fingerprint density at radius 1 is 1.39 bits per heavy atom. The molecule has 2 rings (SSSR count). The fourth-order valence-corrected chi connectivity index (χ4v) is 1.85. The predicted molar refractivity (Wildman–Crippen MR) is 75.2 cm³/mol. The maximum atomic E-state index is 5.55. The van der Waals surface area contributed by atoms with Gasteiger partial charge in [-0.05, 0) is 46.6 Å². The summed E-state index contributed by atoms with van der Waals surface area (Å²) in [7, 11) is 1.65. The number of nitrogens with one attached hydrogen (secondary N) is 1. The van der Waals surface area contributed by atoms with Crippen LogP contribution in [0.3, 0.4) is 0 Å². The zero-order valence-electron chi connectivity index (χ0n) is 10.1. The van der Waals surface area contributed by atoms with Gasteiger partial charge >= 0.3 is 0 Å². The molecule has 0 unspecified atom stereocenters. The first-order valence-corrected chi connectivity index (χ1v) is 6.09. The topological polar surface area (TPSA) is 73.1 Å². The summed E-state index contributed by atoms with van der Waals surface area (Å²) in [6.45, 7) is 1.98. The van der Waals surface area contributed by atoms with E-state index in [2.05, 4.69) is 31.2 Å². The summed E-state index contributed by atoms with van der Waals surface area (Å²) < 4.78 is 5.97. The Bertz CT molecular complexity index is 574. The zero-order valence-corrected chi connectivity index (χ0v) is 11.7. The number of aromatic nitrogens is 2. The zero-order chi connectivity index (χ0) is 13.1. The van der Waals surface area contributed by atoms with Gasteiger partial charge in [0.1, 0.15) is 11.6 Å². The molecule has 1 aromatic carbocycles. The number of anilines is 3. The van der Waals surface area contributed by atoms with Crippen molar-refractivity contribution in [3.63, 3.8) is 0 Å². The van der Waals surface area contributed by atoms with Crippen LogP contribution in [0.2, 0.25) is 0 Å². The second kappa shape index (κ2) is 5.22. The van der Waals surface area contributed by atoms with E-state index in [0.717, 1.165) is 21.5 Å². The van der Waals surface area contributed by atoms with Crippen molar-refractivity contribution in [3.05, 3.63) is 34.4 Å². The number of benzene rings is 1. The van der Waals surface area contributed by atoms with E-state index in [-0.39, 0.29) is 5.95 Å². The normalized spacial score (nSPS) is 10.2. The molecular weight excluding hydrogens is 296 g/mol. The standard InChI is InChI=1S/C12H13BrN4O/c1-7-5-8(3-4-10(7)18-2)16-11-9(13)6-15-12(14)17-11/h3-6H,1-2H3,(H3,14,15,16,17). The summed E-state index contributed by atoms with van der Waals surface area (Å²) in [5, 5.41) is 3.17. The van der Waals surface area contributed by atoms with E-state index in [1.165, 1.54) is 0 Å². The monoisotopic (exact) mass is 308 g/mol. The Morgan fingerprint density at radius 3 is 2.83 bits per heavy atom. The van der Waals surface area contributed by atoms with E-state index < -0.39 is 0 Å². The van der Waals surface area contributed by atoms with Crippen LogP contribution in [0.4, 0.5) is 17.5 Å². The van der Waals surface area contributed by atoms with Crippen LogP contribution in [0.1, 0.15) is 5.56 Å². The highest BCUT2D eigenvalue weighted by molar-refractivity contribution is 9.10. The van der Waals surface area contributed by atoms with Gasteiger partial charge in [0.25, 0.3) is 0 Å². The summed E-state index contributed by atoms with van der Waals surface area (Å²) in [4.78, 5) is 8.00. The van der Waals surface area contributed by atoms with E-state index in [0.29, 0.717) is 5.82 Å². The molecule has 0 aliphatic carbocycles. The lowest BCUT2D eigenvalue weighted by atomic mass is 10.2. The molecule has 5 nitrogen and oxygen atoms in total. The Morgan fingerprint density at radius 2 is 2.17 bits per heavy atom. The van der Waals surface area contributed by atoms with Gasteiger partial charge in [0, 0.05) is 11.9 Å². The molecule has 0 aliphatic rings. The quantitative estimate of drug-likeness (QED) is 0.912. The number of rotatable bonds is 3. The molecule has 1 aromatic heterocycles. The molecule has 0 bridgehead atoms. The summed E-state index contributed by atoms with van der Waals surface area (Å²) >= 11 is 3.37. The molecule has 2 aromatic rings. The van der Waals surface area contributed by atoms with Gasteiger partial charge in [0.15, 0.2) is 0 Å². The maximum Gasteiger partial charge on any atom is 0.222 e. The number of aryl methyl sites for hydroxylation is 1. The second-order valence-corrected chi connectivity index (χ2v) is 4.59. The molecule has 0 spiro atoms. The third-order valence-corrected chi connectivity index (χ3v) is 3.00. The number of nitrogens with two attached hydrogens (primary N) is 1. The number of nitrogen functional groups attached to an aromatic ring is 1. The molecule has 0 saturated heterocycles. The van der Waals surface area contributed by atoms with E-state index in [4.69, 9.17) is 10.5 Å². The summed E-state index contributed by atoms with van der Waals surface area (Å²) in [5.41, 5.74) is 7.51. The Balaban J connectivity index is 2.28. The summed E-state index contributed by atoms with van der Waals surface area (Å²) in [6, 6.07) is 5.79. The minimum absolute atomic E-state index is 0.228. The number of ether oxygens (including phenoxy) is 1. The van der Waals surface area contributed by atoms with Crippen molar-refractivity contribution in [1.29, 1.82) is 0 Å². The van der Waals surface area contributed by atoms with Gasteiger partial charge in [-0.2, -0.15) is 4.98 Å². The molecular formula is C12H13BrN4O. The molecule has 0 fully saturated rings. The smallest absolute Gasteiger partial charge is 0.222 e. The highest BCUT2D eigenvalue weighted by atomic mass is 79.9. The van der Waals surface area contributed by atoms with Crippen LogP contribution in [0.15, 0.2) is 28.9 Å². The Hall–Kier alpha value is -1.82. The van der Waals surface area contributed by atoms with Gasteiger partial charge in [0.2, 0.25) is 5.95 Å². The molecule has 1 heterocycles. The lowest BCUT2D eigenvalue weighted by Gasteiger charge is -2.10. The number of hydrogen-bond donors (Lipinski definition) is 2. The van der Waals surface area contributed by atoms with Gasteiger partial charge in [-0.3, -0.25) is 0 Å². The fourth-order valence-electron chi connectivity index (χ4n) is 1.56. The predicted octanol–water partition coefficient (Wildman–Crippen LogP) is 2.88. The average molecular weight is 309 g/mol. The molecule has 0 radical (unpaired) electrons. The lowest BCUT2D eigenvalue weighted by molar-refractivity contribution is 0.412. The number of methoxy groups -OCH3 is 1. The van der Waals surface area contributed by atoms with E-state index in [1.807, 2.05) is 25.1 Å².